The third-order valence-corrected chi connectivity index (χ3v) is 6.31. The van der Waals surface area contributed by atoms with E-state index in [1.54, 1.807) is 6.92 Å². The molecule has 0 N–H and O–H groups in total. The van der Waals surface area contributed by atoms with Crippen molar-refractivity contribution in [1.29, 1.82) is 0 Å². The van der Waals surface area contributed by atoms with E-state index in [9.17, 15) is 13.6 Å². The first-order chi connectivity index (χ1) is 13.5. The Kier molecular flexibility index (Phi) is 7.06. The molecule has 0 spiro atoms. The molecule has 3 heterocycles. The van der Waals surface area contributed by atoms with Crippen LogP contribution >= 0.6 is 35.3 Å². The minimum atomic E-state index is -0.742. The van der Waals surface area contributed by atoms with Crippen molar-refractivity contribution in [3.63, 3.8) is 0 Å². The Hall–Kier alpha value is -1.79. The molecular weight excluding hydrogens is 444 g/mol. The van der Waals surface area contributed by atoms with Gasteiger partial charge in [0, 0.05) is 32.2 Å². The Morgan fingerprint density at radius 3 is 2.76 bits per heavy atom. The van der Waals surface area contributed by atoms with E-state index in [1.165, 1.54) is 11.0 Å². The van der Waals surface area contributed by atoms with Crippen molar-refractivity contribution < 1.29 is 18.3 Å². The number of carbonyl (C=O) groups excluding carboxylic acids is 1. The number of halogens is 3. The van der Waals surface area contributed by atoms with Gasteiger partial charge in [0.2, 0.25) is 0 Å². The van der Waals surface area contributed by atoms with Crippen molar-refractivity contribution in [1.82, 2.24) is 19.5 Å². The lowest BCUT2D eigenvalue weighted by atomic mass is 10.3. The average Bonchev–Trinajstić information content (AvgIpc) is 3.29. The van der Waals surface area contributed by atoms with Crippen molar-refractivity contribution in [3.05, 3.63) is 34.3 Å². The van der Waals surface area contributed by atoms with Gasteiger partial charge in [-0.25, -0.2) is 13.8 Å². The van der Waals surface area contributed by atoms with Crippen LogP contribution in [0.25, 0.3) is 10.2 Å². The van der Waals surface area contributed by atoms with Crippen LogP contribution in [-0.2, 0) is 4.74 Å². The van der Waals surface area contributed by atoms with E-state index in [0.29, 0.717) is 46.7 Å². The number of ether oxygens (including phenoxy) is 1. The number of hydrogen-bond acceptors (Lipinski definition) is 8. The summed E-state index contributed by atoms with van der Waals surface area (Å²) in [7, 11) is 0. The van der Waals surface area contributed by atoms with Gasteiger partial charge in [-0.15, -0.1) is 17.5 Å². The van der Waals surface area contributed by atoms with E-state index in [1.807, 2.05) is 0 Å². The van der Waals surface area contributed by atoms with Gasteiger partial charge in [-0.3, -0.25) is 14.6 Å². The Labute approximate surface area is 179 Å². The van der Waals surface area contributed by atoms with Crippen molar-refractivity contribution in [2.24, 2.45) is 0 Å². The molecule has 3 aromatic rings. The molecule has 1 aromatic carbocycles. The van der Waals surface area contributed by atoms with Crippen LogP contribution in [0.3, 0.4) is 0 Å². The Balaban J connectivity index is 0.00000240. The fraction of sp³-hybridized carbons (Fsp3) is 0.412. The Morgan fingerprint density at radius 1 is 1.31 bits per heavy atom. The third-order valence-electron chi connectivity index (χ3n) is 4.47. The molecule has 12 heteroatoms. The van der Waals surface area contributed by atoms with Crippen molar-refractivity contribution in [2.75, 3.05) is 44.3 Å². The standard InChI is InChI=1S/C17H17F2N5O2S2.ClH/c1-10-15(28-22-21-10)16(25)24(3-2-23-4-6-26-7-5-23)17-20-14-12(19)8-11(18)9-13(14)27-17;/h8-9H,2-7H2,1H3;1H. The number of carbonyl (C=O) groups is 1. The first-order valence-corrected chi connectivity index (χ1v) is 10.3. The van der Waals surface area contributed by atoms with Gasteiger partial charge in [-0.1, -0.05) is 15.8 Å². The summed E-state index contributed by atoms with van der Waals surface area (Å²) in [6.45, 7) is 5.55. The van der Waals surface area contributed by atoms with E-state index < -0.39 is 11.6 Å². The van der Waals surface area contributed by atoms with Crippen molar-refractivity contribution >= 4 is 56.5 Å². The lowest BCUT2D eigenvalue weighted by molar-refractivity contribution is 0.0391. The maximum absolute atomic E-state index is 14.1. The van der Waals surface area contributed by atoms with Crippen LogP contribution in [0.1, 0.15) is 15.4 Å². The van der Waals surface area contributed by atoms with Crippen LogP contribution in [0.5, 0.6) is 0 Å². The van der Waals surface area contributed by atoms with Gasteiger partial charge in [0.1, 0.15) is 16.2 Å². The lowest BCUT2D eigenvalue weighted by Crippen LogP contribution is -2.43. The molecule has 7 nitrogen and oxygen atoms in total. The molecule has 0 bridgehead atoms. The van der Waals surface area contributed by atoms with E-state index in [0.717, 1.165) is 42.0 Å². The van der Waals surface area contributed by atoms with E-state index in [2.05, 4.69) is 19.5 Å². The number of aromatic nitrogens is 3. The molecule has 0 atom stereocenters. The zero-order valence-electron chi connectivity index (χ0n) is 15.4. The van der Waals surface area contributed by atoms with Gasteiger partial charge in [0.25, 0.3) is 5.91 Å². The first-order valence-electron chi connectivity index (χ1n) is 8.69. The summed E-state index contributed by atoms with van der Waals surface area (Å²) in [5.41, 5.74) is 0.592. The maximum atomic E-state index is 14.1. The van der Waals surface area contributed by atoms with Crippen LogP contribution in [-0.4, -0.2) is 64.8 Å². The molecule has 1 aliphatic heterocycles. The average molecular weight is 462 g/mol. The highest BCUT2D eigenvalue weighted by molar-refractivity contribution is 7.22. The molecule has 0 aliphatic carbocycles. The molecular formula is C17H18ClF2N5O2S2. The Bertz CT molecular complexity index is 1010. The molecule has 156 valence electrons. The van der Waals surface area contributed by atoms with Gasteiger partial charge in [0.05, 0.1) is 23.6 Å². The number of aryl methyl sites for hydroxylation is 1. The SMILES string of the molecule is Cc1nnsc1C(=O)N(CCN1CCOCC1)c1nc2c(F)cc(F)cc2s1.Cl. The molecule has 1 aliphatic rings. The van der Waals surface area contributed by atoms with E-state index in [-0.39, 0.29) is 23.8 Å². The maximum Gasteiger partial charge on any atom is 0.273 e. The van der Waals surface area contributed by atoms with Crippen LogP contribution in [0.15, 0.2) is 12.1 Å². The summed E-state index contributed by atoms with van der Waals surface area (Å²) in [5.74, 6) is -1.71. The first kappa shape index (κ1) is 21.9. The minimum absolute atomic E-state index is 0. The van der Waals surface area contributed by atoms with Crippen LogP contribution < -0.4 is 4.90 Å². The number of benzene rings is 1. The van der Waals surface area contributed by atoms with Crippen LogP contribution in [0, 0.1) is 18.6 Å². The number of hydrogen-bond donors (Lipinski definition) is 0. The fourth-order valence-electron chi connectivity index (χ4n) is 2.96. The Morgan fingerprint density at radius 2 is 2.07 bits per heavy atom. The molecule has 1 fully saturated rings. The van der Waals surface area contributed by atoms with Gasteiger partial charge >= 0.3 is 0 Å². The number of rotatable bonds is 5. The van der Waals surface area contributed by atoms with Gasteiger partial charge in [0.15, 0.2) is 10.9 Å². The highest BCUT2D eigenvalue weighted by atomic mass is 35.5. The zero-order chi connectivity index (χ0) is 19.7. The molecule has 0 radical (unpaired) electrons. The molecule has 0 saturated carbocycles. The van der Waals surface area contributed by atoms with Gasteiger partial charge in [-0.2, -0.15) is 0 Å². The van der Waals surface area contributed by atoms with Gasteiger partial charge in [-0.05, 0) is 24.5 Å². The highest BCUT2D eigenvalue weighted by Gasteiger charge is 2.26. The predicted octanol–water partition coefficient (Wildman–Crippen LogP) is 3.14. The molecule has 1 saturated heterocycles. The summed E-state index contributed by atoms with van der Waals surface area (Å²) in [4.78, 5) is 21.5. The van der Waals surface area contributed by atoms with Crippen LogP contribution in [0.2, 0.25) is 0 Å². The lowest BCUT2D eigenvalue weighted by Gasteiger charge is -2.29. The number of thiazole rings is 1. The molecule has 2 aromatic heterocycles. The van der Waals surface area contributed by atoms with E-state index >= 15 is 0 Å². The van der Waals surface area contributed by atoms with E-state index in [4.69, 9.17) is 4.74 Å². The number of anilines is 1. The number of morpholine rings is 1. The number of fused-ring (bicyclic) bond motifs is 1. The monoisotopic (exact) mass is 461 g/mol. The molecule has 0 unspecified atom stereocenters. The van der Waals surface area contributed by atoms with Crippen molar-refractivity contribution in [2.45, 2.75) is 6.92 Å². The quantitative estimate of drug-likeness (QED) is 0.581. The number of nitrogens with zero attached hydrogens (tertiary/aromatic N) is 5. The van der Waals surface area contributed by atoms with Gasteiger partial charge < -0.3 is 4.74 Å². The smallest absolute Gasteiger partial charge is 0.273 e. The summed E-state index contributed by atoms with van der Waals surface area (Å²) in [6, 6.07) is 2.02. The third kappa shape index (κ3) is 4.69. The fourth-order valence-corrected chi connectivity index (χ4v) is 4.60. The summed E-state index contributed by atoms with van der Waals surface area (Å²) >= 11 is 2.10. The second-order valence-corrected chi connectivity index (χ2v) is 8.09. The van der Waals surface area contributed by atoms with Crippen molar-refractivity contribution in [3.8, 4) is 0 Å². The minimum Gasteiger partial charge on any atom is -0.379 e. The second kappa shape index (κ2) is 9.35. The summed E-state index contributed by atoms with van der Waals surface area (Å²) in [5, 5.41) is 4.22. The molecule has 4 rings (SSSR count). The largest absolute Gasteiger partial charge is 0.379 e. The van der Waals surface area contributed by atoms with Crippen LogP contribution in [0.4, 0.5) is 13.9 Å². The molecule has 1 amide bonds. The summed E-state index contributed by atoms with van der Waals surface area (Å²) in [6.07, 6.45) is 0. The summed E-state index contributed by atoms with van der Waals surface area (Å²) < 4.78 is 37.2. The predicted molar refractivity (Wildman–Crippen MR) is 110 cm³/mol. The molecule has 29 heavy (non-hydrogen) atoms. The number of amides is 1. The highest BCUT2D eigenvalue weighted by Crippen LogP contribution is 2.32. The zero-order valence-corrected chi connectivity index (χ0v) is 17.9. The normalized spacial score (nSPS) is 14.7. The second-order valence-electron chi connectivity index (χ2n) is 6.33. The topological polar surface area (TPSA) is 71.5 Å².